The fourth-order valence-electron chi connectivity index (χ4n) is 2.41. The van der Waals surface area contributed by atoms with Gasteiger partial charge in [-0.3, -0.25) is 9.59 Å². The second kappa shape index (κ2) is 5.61. The number of likely N-dealkylation sites (tertiary alicyclic amines) is 1. The molecule has 2 rings (SSSR count). The molecule has 0 saturated carbocycles. The topological polar surface area (TPSA) is 57.6 Å². The van der Waals surface area contributed by atoms with Crippen molar-refractivity contribution in [2.24, 2.45) is 11.8 Å². The van der Waals surface area contributed by atoms with Crippen LogP contribution in [0.15, 0.2) is 24.3 Å². The molecular weight excluding hydrogens is 266 g/mol. The molecule has 1 heterocycles. The van der Waals surface area contributed by atoms with Gasteiger partial charge in [0.1, 0.15) is 0 Å². The molecular formula is C14H16ClNO3. The van der Waals surface area contributed by atoms with Crippen LogP contribution >= 0.6 is 11.6 Å². The van der Waals surface area contributed by atoms with Gasteiger partial charge in [-0.1, -0.05) is 36.7 Å². The lowest BCUT2D eigenvalue weighted by molar-refractivity contribution is -0.142. The molecule has 1 saturated heterocycles. The minimum atomic E-state index is -0.833. The molecule has 1 aliphatic heterocycles. The van der Waals surface area contributed by atoms with E-state index in [2.05, 4.69) is 0 Å². The van der Waals surface area contributed by atoms with Gasteiger partial charge in [0.15, 0.2) is 0 Å². The first-order valence-electron chi connectivity index (χ1n) is 6.23. The van der Waals surface area contributed by atoms with Crippen molar-refractivity contribution in [2.45, 2.75) is 13.3 Å². The van der Waals surface area contributed by atoms with E-state index >= 15 is 0 Å². The fraction of sp³-hybridized carbons (Fsp3) is 0.429. The number of benzene rings is 1. The molecule has 5 heteroatoms. The van der Waals surface area contributed by atoms with Crippen LogP contribution in [-0.4, -0.2) is 35.0 Å². The van der Waals surface area contributed by atoms with Crippen molar-refractivity contribution in [3.05, 3.63) is 34.9 Å². The molecule has 1 aromatic carbocycles. The number of carboxylic acids is 1. The van der Waals surface area contributed by atoms with Gasteiger partial charge in [-0.25, -0.2) is 0 Å². The highest BCUT2D eigenvalue weighted by molar-refractivity contribution is 6.31. The molecule has 4 nitrogen and oxygen atoms in total. The van der Waals surface area contributed by atoms with E-state index in [9.17, 15) is 9.59 Å². The fourth-order valence-corrected chi connectivity index (χ4v) is 2.61. The quantitative estimate of drug-likeness (QED) is 0.923. The van der Waals surface area contributed by atoms with E-state index in [0.717, 1.165) is 5.56 Å². The molecule has 2 unspecified atom stereocenters. The zero-order valence-electron chi connectivity index (χ0n) is 10.7. The molecule has 1 amide bonds. The summed E-state index contributed by atoms with van der Waals surface area (Å²) in [5.41, 5.74) is 0.778. The van der Waals surface area contributed by atoms with Gasteiger partial charge in [0.25, 0.3) is 0 Å². The van der Waals surface area contributed by atoms with Crippen molar-refractivity contribution in [3.8, 4) is 0 Å². The van der Waals surface area contributed by atoms with Crippen molar-refractivity contribution in [1.29, 1.82) is 0 Å². The normalized spacial score (nSPS) is 22.5. The van der Waals surface area contributed by atoms with Crippen LogP contribution in [0.25, 0.3) is 0 Å². The molecule has 2 atom stereocenters. The number of carboxylic acid groups (broad SMARTS) is 1. The lowest BCUT2D eigenvalue weighted by Crippen LogP contribution is -2.31. The molecule has 1 aromatic rings. The number of amides is 1. The molecule has 0 spiro atoms. The minimum Gasteiger partial charge on any atom is -0.481 e. The SMILES string of the molecule is CC1CN(C(=O)Cc2ccccc2Cl)CC1C(=O)O. The van der Waals surface area contributed by atoms with Crippen molar-refractivity contribution in [1.82, 2.24) is 4.90 Å². The summed E-state index contributed by atoms with van der Waals surface area (Å²) < 4.78 is 0. The molecule has 1 aliphatic rings. The Morgan fingerprint density at radius 2 is 2.05 bits per heavy atom. The zero-order chi connectivity index (χ0) is 14.0. The Morgan fingerprint density at radius 1 is 1.37 bits per heavy atom. The highest BCUT2D eigenvalue weighted by atomic mass is 35.5. The van der Waals surface area contributed by atoms with Crippen LogP contribution in [0.1, 0.15) is 12.5 Å². The highest BCUT2D eigenvalue weighted by Gasteiger charge is 2.36. The third-order valence-electron chi connectivity index (χ3n) is 3.58. The first-order valence-corrected chi connectivity index (χ1v) is 6.61. The average molecular weight is 282 g/mol. The monoisotopic (exact) mass is 281 g/mol. The summed E-state index contributed by atoms with van der Waals surface area (Å²) in [5, 5.41) is 9.63. The molecule has 0 aromatic heterocycles. The summed E-state index contributed by atoms with van der Waals surface area (Å²) in [6.45, 7) is 2.65. The predicted molar refractivity (Wildman–Crippen MR) is 72.0 cm³/mol. The number of hydrogen-bond donors (Lipinski definition) is 1. The maximum Gasteiger partial charge on any atom is 0.308 e. The zero-order valence-corrected chi connectivity index (χ0v) is 11.4. The molecule has 1 fully saturated rings. The van der Waals surface area contributed by atoms with E-state index in [0.29, 0.717) is 18.1 Å². The lowest BCUT2D eigenvalue weighted by atomic mass is 9.99. The number of carbonyl (C=O) groups excluding carboxylic acids is 1. The second-order valence-electron chi connectivity index (χ2n) is 4.99. The smallest absolute Gasteiger partial charge is 0.308 e. The average Bonchev–Trinajstić information content (AvgIpc) is 2.74. The standard InChI is InChI=1S/C14H16ClNO3/c1-9-7-16(8-11(9)14(18)19)13(17)6-10-4-2-3-5-12(10)15/h2-5,9,11H,6-8H2,1H3,(H,18,19). The Hall–Kier alpha value is -1.55. The predicted octanol–water partition coefficient (Wildman–Crippen LogP) is 2.06. The Labute approximate surface area is 117 Å². The van der Waals surface area contributed by atoms with Crippen LogP contribution in [0.5, 0.6) is 0 Å². The van der Waals surface area contributed by atoms with Gasteiger partial charge < -0.3 is 10.0 Å². The van der Waals surface area contributed by atoms with Gasteiger partial charge in [-0.05, 0) is 17.5 Å². The summed E-state index contributed by atoms with van der Waals surface area (Å²) in [6, 6.07) is 7.21. The minimum absolute atomic E-state index is 0.00676. The van der Waals surface area contributed by atoms with Crippen LogP contribution in [-0.2, 0) is 16.0 Å². The van der Waals surface area contributed by atoms with Crippen molar-refractivity contribution >= 4 is 23.5 Å². The van der Waals surface area contributed by atoms with Gasteiger partial charge in [0.2, 0.25) is 5.91 Å². The third kappa shape index (κ3) is 3.07. The molecule has 102 valence electrons. The van der Waals surface area contributed by atoms with Gasteiger partial charge in [0.05, 0.1) is 12.3 Å². The number of rotatable bonds is 3. The third-order valence-corrected chi connectivity index (χ3v) is 3.95. The number of halogens is 1. The Bertz CT molecular complexity index is 503. The summed E-state index contributed by atoms with van der Waals surface area (Å²) in [7, 11) is 0. The summed E-state index contributed by atoms with van der Waals surface area (Å²) >= 11 is 6.02. The number of aliphatic carboxylic acids is 1. The van der Waals surface area contributed by atoms with Crippen molar-refractivity contribution in [3.63, 3.8) is 0 Å². The van der Waals surface area contributed by atoms with E-state index < -0.39 is 11.9 Å². The van der Waals surface area contributed by atoms with Crippen LogP contribution in [0.3, 0.4) is 0 Å². The van der Waals surface area contributed by atoms with Gasteiger partial charge >= 0.3 is 5.97 Å². The van der Waals surface area contributed by atoms with E-state index in [4.69, 9.17) is 16.7 Å². The second-order valence-corrected chi connectivity index (χ2v) is 5.40. The van der Waals surface area contributed by atoms with E-state index in [1.807, 2.05) is 25.1 Å². The van der Waals surface area contributed by atoms with Crippen LogP contribution in [0.4, 0.5) is 0 Å². The Morgan fingerprint density at radius 3 is 2.63 bits per heavy atom. The van der Waals surface area contributed by atoms with E-state index in [1.54, 1.807) is 11.0 Å². The first kappa shape index (κ1) is 13.9. The maximum atomic E-state index is 12.2. The molecule has 0 bridgehead atoms. The first-order chi connectivity index (χ1) is 8.99. The number of nitrogens with zero attached hydrogens (tertiary/aromatic N) is 1. The Kier molecular flexibility index (Phi) is 4.10. The largest absolute Gasteiger partial charge is 0.481 e. The lowest BCUT2D eigenvalue weighted by Gasteiger charge is -2.16. The molecule has 19 heavy (non-hydrogen) atoms. The van der Waals surface area contributed by atoms with Crippen LogP contribution < -0.4 is 0 Å². The molecule has 0 aliphatic carbocycles. The Balaban J connectivity index is 2.02. The van der Waals surface area contributed by atoms with Crippen molar-refractivity contribution < 1.29 is 14.7 Å². The number of hydrogen-bond acceptors (Lipinski definition) is 2. The van der Waals surface area contributed by atoms with Crippen molar-refractivity contribution in [2.75, 3.05) is 13.1 Å². The van der Waals surface area contributed by atoms with Crippen LogP contribution in [0, 0.1) is 11.8 Å². The van der Waals surface area contributed by atoms with Gasteiger partial charge in [0, 0.05) is 18.1 Å². The van der Waals surface area contributed by atoms with E-state index in [-0.39, 0.29) is 18.2 Å². The maximum absolute atomic E-state index is 12.2. The molecule has 1 N–H and O–H groups in total. The summed E-state index contributed by atoms with van der Waals surface area (Å²) in [5.74, 6) is -1.37. The highest BCUT2D eigenvalue weighted by Crippen LogP contribution is 2.24. The van der Waals surface area contributed by atoms with E-state index in [1.165, 1.54) is 0 Å². The number of carbonyl (C=O) groups is 2. The summed E-state index contributed by atoms with van der Waals surface area (Å²) in [6.07, 6.45) is 0.221. The summed E-state index contributed by atoms with van der Waals surface area (Å²) in [4.78, 5) is 24.8. The van der Waals surface area contributed by atoms with Gasteiger partial charge in [-0.15, -0.1) is 0 Å². The molecule has 0 radical (unpaired) electrons. The van der Waals surface area contributed by atoms with Gasteiger partial charge in [-0.2, -0.15) is 0 Å². The van der Waals surface area contributed by atoms with Crippen LogP contribution in [0.2, 0.25) is 5.02 Å².